The van der Waals surface area contributed by atoms with E-state index >= 15 is 0 Å². The molecule has 22 heavy (non-hydrogen) atoms. The lowest BCUT2D eigenvalue weighted by Crippen LogP contribution is -2.24. The summed E-state index contributed by atoms with van der Waals surface area (Å²) in [6, 6.07) is 11.2. The van der Waals surface area contributed by atoms with Gasteiger partial charge in [-0.05, 0) is 55.0 Å². The molecular weight excluding hydrogens is 292 g/mol. The molecule has 0 saturated carbocycles. The van der Waals surface area contributed by atoms with Crippen LogP contribution in [0.25, 0.3) is 0 Å². The van der Waals surface area contributed by atoms with Gasteiger partial charge in [0.05, 0.1) is 7.11 Å². The molecule has 118 valence electrons. The van der Waals surface area contributed by atoms with Crippen molar-refractivity contribution in [1.82, 2.24) is 10.3 Å². The summed E-state index contributed by atoms with van der Waals surface area (Å²) in [7, 11) is 1.72. The summed E-state index contributed by atoms with van der Waals surface area (Å²) >= 11 is 1.70. The number of hydrogen-bond donors (Lipinski definition) is 1. The van der Waals surface area contributed by atoms with Crippen LogP contribution in [0.5, 0.6) is 5.75 Å². The number of nitrogens with one attached hydrogen (secondary N) is 1. The van der Waals surface area contributed by atoms with E-state index in [4.69, 9.17) is 4.74 Å². The van der Waals surface area contributed by atoms with Crippen LogP contribution in [-0.4, -0.2) is 18.3 Å². The zero-order chi connectivity index (χ0) is 15.9. The molecule has 4 heteroatoms. The third-order valence-corrected chi connectivity index (χ3v) is 4.65. The van der Waals surface area contributed by atoms with Gasteiger partial charge in [0.1, 0.15) is 5.75 Å². The Hall–Kier alpha value is -1.52. The average Bonchev–Trinajstić information content (AvgIpc) is 2.59. The fourth-order valence-electron chi connectivity index (χ4n) is 2.57. The molecule has 0 bridgehead atoms. The Kier molecular flexibility index (Phi) is 6.28. The van der Waals surface area contributed by atoms with Crippen LogP contribution in [0.15, 0.2) is 47.6 Å². The molecule has 3 nitrogen and oxygen atoms in total. The quantitative estimate of drug-likeness (QED) is 0.756. The van der Waals surface area contributed by atoms with Gasteiger partial charge in [0.25, 0.3) is 0 Å². The van der Waals surface area contributed by atoms with Gasteiger partial charge in [-0.1, -0.05) is 13.0 Å². The second kappa shape index (κ2) is 8.20. The normalized spacial score (nSPS) is 13.6. The maximum Gasteiger partial charge on any atom is 0.132 e. The van der Waals surface area contributed by atoms with E-state index in [2.05, 4.69) is 60.7 Å². The topological polar surface area (TPSA) is 34.1 Å². The van der Waals surface area contributed by atoms with Gasteiger partial charge in [-0.2, -0.15) is 0 Å². The first kappa shape index (κ1) is 16.8. The second-order valence-corrected chi connectivity index (χ2v) is 6.09. The van der Waals surface area contributed by atoms with E-state index in [1.165, 1.54) is 16.0 Å². The fraction of sp³-hybridized carbons (Fsp3) is 0.389. The predicted octanol–water partition coefficient (Wildman–Crippen LogP) is 4.61. The van der Waals surface area contributed by atoms with Gasteiger partial charge in [-0.25, -0.2) is 0 Å². The summed E-state index contributed by atoms with van der Waals surface area (Å²) in [5, 5.41) is 3.70. The molecule has 1 aromatic carbocycles. The molecular formula is C18H24N2OS. The molecule has 0 saturated heterocycles. The lowest BCUT2D eigenvalue weighted by molar-refractivity contribution is 0.401. The molecule has 0 amide bonds. The Morgan fingerprint density at radius 2 is 1.91 bits per heavy atom. The van der Waals surface area contributed by atoms with Crippen LogP contribution in [0.4, 0.5) is 0 Å². The van der Waals surface area contributed by atoms with E-state index < -0.39 is 0 Å². The smallest absolute Gasteiger partial charge is 0.132 e. The largest absolute Gasteiger partial charge is 0.496 e. The van der Waals surface area contributed by atoms with Gasteiger partial charge >= 0.3 is 0 Å². The van der Waals surface area contributed by atoms with Crippen molar-refractivity contribution in [2.45, 2.75) is 37.2 Å². The summed E-state index contributed by atoms with van der Waals surface area (Å²) in [6.45, 7) is 4.39. The van der Waals surface area contributed by atoms with Crippen LogP contribution >= 0.6 is 11.8 Å². The molecule has 0 fully saturated rings. The fourth-order valence-corrected chi connectivity index (χ4v) is 3.11. The summed E-state index contributed by atoms with van der Waals surface area (Å²) in [5.74, 6) is 0.940. The molecule has 0 radical (unpaired) electrons. The summed E-state index contributed by atoms with van der Waals surface area (Å²) in [4.78, 5) is 5.26. The van der Waals surface area contributed by atoms with Crippen molar-refractivity contribution in [1.29, 1.82) is 0 Å². The van der Waals surface area contributed by atoms with Gasteiger partial charge in [0.15, 0.2) is 0 Å². The first-order chi connectivity index (χ1) is 10.7. The Morgan fingerprint density at radius 3 is 2.50 bits per heavy atom. The van der Waals surface area contributed by atoms with Crippen molar-refractivity contribution in [3.8, 4) is 5.75 Å². The number of rotatable bonds is 7. The highest BCUT2D eigenvalue weighted by Gasteiger charge is 2.15. The Morgan fingerprint density at radius 1 is 1.18 bits per heavy atom. The minimum absolute atomic E-state index is 0.253. The number of aromatic nitrogens is 1. The lowest BCUT2D eigenvalue weighted by Gasteiger charge is -2.23. The van der Waals surface area contributed by atoms with Crippen LogP contribution in [-0.2, 0) is 0 Å². The molecule has 2 rings (SSSR count). The molecule has 2 aromatic rings. The van der Waals surface area contributed by atoms with Crippen LogP contribution in [0, 0.1) is 0 Å². The van der Waals surface area contributed by atoms with Crippen LogP contribution in [0.3, 0.4) is 0 Å². The first-order valence-corrected chi connectivity index (χ1v) is 8.80. The second-order valence-electron chi connectivity index (χ2n) is 5.24. The van der Waals surface area contributed by atoms with Crippen LogP contribution < -0.4 is 10.1 Å². The van der Waals surface area contributed by atoms with Crippen molar-refractivity contribution in [2.75, 3.05) is 13.4 Å². The first-order valence-electron chi connectivity index (χ1n) is 7.57. The SMILES string of the molecule is CC[C@H](N[C@H](C)c1ccc(SC)c(OC)c1)c1ccncc1. The minimum Gasteiger partial charge on any atom is -0.496 e. The Labute approximate surface area is 137 Å². The molecule has 2 atom stereocenters. The predicted molar refractivity (Wildman–Crippen MR) is 93.6 cm³/mol. The molecule has 0 unspecified atom stereocenters. The molecule has 1 aromatic heterocycles. The highest BCUT2D eigenvalue weighted by molar-refractivity contribution is 7.98. The van der Waals surface area contributed by atoms with Crippen molar-refractivity contribution in [2.24, 2.45) is 0 Å². The molecule has 1 N–H and O–H groups in total. The van der Waals surface area contributed by atoms with E-state index in [0.29, 0.717) is 6.04 Å². The lowest BCUT2D eigenvalue weighted by atomic mass is 10.0. The van der Waals surface area contributed by atoms with Crippen LogP contribution in [0.2, 0.25) is 0 Å². The summed E-state index contributed by atoms with van der Waals surface area (Å²) in [6.07, 6.45) is 6.80. The number of nitrogens with zero attached hydrogens (tertiary/aromatic N) is 1. The third-order valence-electron chi connectivity index (χ3n) is 3.88. The van der Waals surface area contributed by atoms with Crippen molar-refractivity contribution in [3.63, 3.8) is 0 Å². The zero-order valence-electron chi connectivity index (χ0n) is 13.7. The number of methoxy groups -OCH3 is 1. The van der Waals surface area contributed by atoms with E-state index in [1.807, 2.05) is 12.4 Å². The van der Waals surface area contributed by atoms with E-state index in [-0.39, 0.29) is 6.04 Å². The number of hydrogen-bond acceptors (Lipinski definition) is 4. The average molecular weight is 316 g/mol. The van der Waals surface area contributed by atoms with Gasteiger partial charge in [-0.3, -0.25) is 4.98 Å². The zero-order valence-corrected chi connectivity index (χ0v) is 14.5. The number of pyridine rings is 1. The third kappa shape index (κ3) is 4.02. The number of thioether (sulfide) groups is 1. The van der Waals surface area contributed by atoms with E-state index in [1.54, 1.807) is 18.9 Å². The van der Waals surface area contributed by atoms with Gasteiger partial charge in [0, 0.05) is 29.4 Å². The molecule has 0 aliphatic heterocycles. The monoisotopic (exact) mass is 316 g/mol. The summed E-state index contributed by atoms with van der Waals surface area (Å²) < 4.78 is 5.49. The maximum atomic E-state index is 5.49. The summed E-state index contributed by atoms with van der Waals surface area (Å²) in [5.41, 5.74) is 2.51. The number of benzene rings is 1. The van der Waals surface area contributed by atoms with Gasteiger partial charge < -0.3 is 10.1 Å². The Balaban J connectivity index is 2.15. The minimum atomic E-state index is 0.253. The van der Waals surface area contributed by atoms with Gasteiger partial charge in [0.2, 0.25) is 0 Å². The van der Waals surface area contributed by atoms with E-state index in [9.17, 15) is 0 Å². The van der Waals surface area contributed by atoms with Crippen molar-refractivity contribution >= 4 is 11.8 Å². The van der Waals surface area contributed by atoms with E-state index in [0.717, 1.165) is 12.2 Å². The van der Waals surface area contributed by atoms with Crippen molar-refractivity contribution < 1.29 is 4.74 Å². The standard InChI is InChI=1S/C18H24N2OS/c1-5-16(14-8-10-19-11-9-14)20-13(2)15-6-7-18(22-4)17(12-15)21-3/h6-13,16,20H,5H2,1-4H3/t13-,16+/m1/s1. The molecule has 0 aliphatic rings. The van der Waals surface area contributed by atoms with Crippen LogP contribution in [0.1, 0.15) is 43.5 Å². The van der Waals surface area contributed by atoms with Gasteiger partial charge in [-0.15, -0.1) is 11.8 Å². The molecule has 0 aliphatic carbocycles. The maximum absolute atomic E-state index is 5.49. The number of ether oxygens (including phenoxy) is 1. The Bertz CT molecular complexity index is 589. The molecule has 0 spiro atoms. The highest BCUT2D eigenvalue weighted by atomic mass is 32.2. The highest BCUT2D eigenvalue weighted by Crippen LogP contribution is 2.31. The molecule has 1 heterocycles. The van der Waals surface area contributed by atoms with Crippen molar-refractivity contribution in [3.05, 3.63) is 53.9 Å².